The number of thiazole rings is 1. The fourth-order valence-electron chi connectivity index (χ4n) is 6.33. The zero-order chi connectivity index (χ0) is 34.7. The zero-order valence-electron chi connectivity index (χ0n) is 27.1. The van der Waals surface area contributed by atoms with Gasteiger partial charge in [0.05, 0.1) is 37.4 Å². The minimum Gasteiger partial charge on any atom is -0.748 e. The van der Waals surface area contributed by atoms with Crippen molar-refractivity contribution in [2.24, 2.45) is 5.92 Å². The first kappa shape index (κ1) is 34.2. The highest BCUT2D eigenvalue weighted by Gasteiger charge is 2.32. The summed E-state index contributed by atoms with van der Waals surface area (Å²) in [5.74, 6) is 2.90. The van der Waals surface area contributed by atoms with Gasteiger partial charge in [-0.3, -0.25) is 4.55 Å². The lowest BCUT2D eigenvalue weighted by atomic mass is 9.87. The Labute approximate surface area is 293 Å². The molecule has 0 spiro atoms. The lowest BCUT2D eigenvalue weighted by molar-refractivity contribution is -0.669. The van der Waals surface area contributed by atoms with E-state index in [1.165, 1.54) is 13.8 Å². The van der Waals surface area contributed by atoms with Crippen molar-refractivity contribution >= 4 is 65.3 Å². The second-order valence-electron chi connectivity index (χ2n) is 12.8. The lowest BCUT2D eigenvalue weighted by Crippen LogP contribution is -2.37. The van der Waals surface area contributed by atoms with E-state index in [1.54, 1.807) is 23.1 Å². The average Bonchev–Trinajstić information content (AvgIpc) is 3.80. The molecule has 3 atom stereocenters. The van der Waals surface area contributed by atoms with Crippen molar-refractivity contribution in [1.29, 1.82) is 0 Å². The molecule has 49 heavy (non-hydrogen) atoms. The van der Waals surface area contributed by atoms with E-state index in [0.717, 1.165) is 54.8 Å². The fourth-order valence-corrected chi connectivity index (χ4v) is 9.47. The predicted octanol–water partition coefficient (Wildman–Crippen LogP) is 5.83. The van der Waals surface area contributed by atoms with Crippen molar-refractivity contribution in [3.05, 3.63) is 57.6 Å². The topological polar surface area (TPSA) is 156 Å². The van der Waals surface area contributed by atoms with Gasteiger partial charge in [0.2, 0.25) is 19.1 Å². The van der Waals surface area contributed by atoms with Gasteiger partial charge in [-0.1, -0.05) is 36.1 Å². The molecule has 3 aliphatic heterocycles. The van der Waals surface area contributed by atoms with Crippen LogP contribution < -0.4 is 28.4 Å². The van der Waals surface area contributed by atoms with Crippen LogP contribution in [0, 0.1) is 5.92 Å². The monoisotopic (exact) mass is 748 g/mol. The van der Waals surface area contributed by atoms with Gasteiger partial charge < -0.3 is 28.4 Å². The number of fused-ring (bicyclic) bond motifs is 4. The van der Waals surface area contributed by atoms with Crippen molar-refractivity contribution in [3.8, 4) is 23.0 Å². The summed E-state index contributed by atoms with van der Waals surface area (Å²) in [4.78, 5) is 3.04. The van der Waals surface area contributed by atoms with Crippen LogP contribution in [0.25, 0.3) is 16.3 Å². The molecule has 2 aromatic carbocycles. The van der Waals surface area contributed by atoms with Crippen LogP contribution in [0.15, 0.2) is 57.5 Å². The first-order valence-electron chi connectivity index (χ1n) is 15.9. The molecular formula is C33H36N2O10S4. The van der Waals surface area contributed by atoms with E-state index in [9.17, 15) is 25.9 Å². The van der Waals surface area contributed by atoms with Crippen LogP contribution >= 0.6 is 23.1 Å². The summed E-state index contributed by atoms with van der Waals surface area (Å²) in [6.07, 6.45) is 8.50. The van der Waals surface area contributed by atoms with Gasteiger partial charge in [0.25, 0.3) is 15.1 Å². The summed E-state index contributed by atoms with van der Waals surface area (Å²) in [6, 6.07) is 7.69. The van der Waals surface area contributed by atoms with E-state index in [-0.39, 0.29) is 26.4 Å². The molecule has 0 saturated heterocycles. The number of allylic oxidation sites excluding steroid dienone is 4. The van der Waals surface area contributed by atoms with E-state index < -0.39 is 30.7 Å². The summed E-state index contributed by atoms with van der Waals surface area (Å²) in [5.41, 5.74) is 3.97. The van der Waals surface area contributed by atoms with E-state index in [4.69, 9.17) is 18.9 Å². The molecule has 4 aliphatic rings. The molecule has 4 heterocycles. The maximum Gasteiger partial charge on any atom is 0.267 e. The van der Waals surface area contributed by atoms with Gasteiger partial charge in [-0.15, -0.1) is 0 Å². The Morgan fingerprint density at radius 2 is 1.63 bits per heavy atom. The number of benzene rings is 2. The highest BCUT2D eigenvalue weighted by atomic mass is 32.2. The van der Waals surface area contributed by atoms with Gasteiger partial charge >= 0.3 is 0 Å². The molecule has 0 bridgehead atoms. The largest absolute Gasteiger partial charge is 0.748 e. The minimum atomic E-state index is -4.43. The average molecular weight is 749 g/mol. The minimum absolute atomic E-state index is 0.139. The molecule has 0 radical (unpaired) electrons. The van der Waals surface area contributed by atoms with Crippen LogP contribution in [0.5, 0.6) is 23.0 Å². The number of aromatic nitrogens is 1. The van der Waals surface area contributed by atoms with Gasteiger partial charge in [0.15, 0.2) is 29.5 Å². The van der Waals surface area contributed by atoms with Crippen molar-refractivity contribution in [3.63, 3.8) is 0 Å². The van der Waals surface area contributed by atoms with E-state index in [2.05, 4.69) is 30.1 Å². The number of aryl methyl sites for hydroxylation is 1. The number of thioether (sulfide) groups is 1. The Kier molecular flexibility index (Phi) is 9.15. The van der Waals surface area contributed by atoms with Crippen molar-refractivity contribution < 1.29 is 49.5 Å². The van der Waals surface area contributed by atoms with Crippen LogP contribution in [-0.2, 0) is 26.8 Å². The first-order valence-corrected chi connectivity index (χ1v) is 20.5. The van der Waals surface area contributed by atoms with E-state index in [1.807, 2.05) is 28.8 Å². The number of hydrogen-bond acceptors (Lipinski definition) is 12. The molecule has 12 nitrogen and oxygen atoms in total. The summed E-state index contributed by atoms with van der Waals surface area (Å²) < 4.78 is 93.9. The SMILES string of the molecule is CC1CC(C=C2Sc3cc4c(cc3N2CCC(C)S(=O)(=O)O)OCO4)=CC(=Cc2sc3cc4c(cc3[n+]2CCC(C)S(=O)(=O)[O-])OCO4)C1. The number of ether oxygens (including phenoxy) is 4. The maximum absolute atomic E-state index is 11.8. The highest BCUT2D eigenvalue weighted by Crippen LogP contribution is 2.52. The van der Waals surface area contributed by atoms with Crippen LogP contribution in [0.4, 0.5) is 5.69 Å². The second-order valence-corrected chi connectivity index (χ2v) is 18.6. The quantitative estimate of drug-likeness (QED) is 0.196. The predicted molar refractivity (Wildman–Crippen MR) is 186 cm³/mol. The van der Waals surface area contributed by atoms with E-state index >= 15 is 0 Å². The Morgan fingerprint density at radius 3 is 2.33 bits per heavy atom. The molecule has 7 rings (SSSR count). The number of rotatable bonds is 10. The third kappa shape index (κ3) is 7.17. The summed E-state index contributed by atoms with van der Waals surface area (Å²) >= 11 is 3.14. The Morgan fingerprint density at radius 1 is 0.959 bits per heavy atom. The Balaban J connectivity index is 1.24. The van der Waals surface area contributed by atoms with Gasteiger partial charge in [-0.2, -0.15) is 13.0 Å². The van der Waals surface area contributed by atoms with Crippen LogP contribution in [0.2, 0.25) is 0 Å². The number of nitrogens with zero attached hydrogens (tertiary/aromatic N) is 2. The third-order valence-electron chi connectivity index (χ3n) is 9.13. The van der Waals surface area contributed by atoms with Gasteiger partial charge in [0, 0.05) is 42.1 Å². The molecule has 3 aromatic rings. The first-order chi connectivity index (χ1) is 23.2. The molecule has 1 aliphatic carbocycles. The van der Waals surface area contributed by atoms with Crippen molar-refractivity contribution in [2.75, 3.05) is 25.0 Å². The second kappa shape index (κ2) is 13.1. The summed E-state index contributed by atoms with van der Waals surface area (Å²) in [6.45, 7) is 6.12. The van der Waals surface area contributed by atoms with Crippen molar-refractivity contribution in [2.45, 2.75) is 68.4 Å². The van der Waals surface area contributed by atoms with Gasteiger partial charge in [0.1, 0.15) is 4.70 Å². The van der Waals surface area contributed by atoms with Crippen LogP contribution in [0.3, 0.4) is 0 Å². The molecule has 16 heteroatoms. The lowest BCUT2D eigenvalue weighted by Gasteiger charge is -2.24. The van der Waals surface area contributed by atoms with Crippen molar-refractivity contribution in [1.82, 2.24) is 0 Å². The van der Waals surface area contributed by atoms with Crippen LogP contribution in [0.1, 0.15) is 51.5 Å². The Hall–Kier alpha value is -3.28. The molecule has 0 saturated carbocycles. The smallest absolute Gasteiger partial charge is 0.267 e. The molecule has 1 aromatic heterocycles. The summed E-state index contributed by atoms with van der Waals surface area (Å²) in [7, 11) is -8.61. The molecule has 262 valence electrons. The normalized spacial score (nSPS) is 21.4. The number of anilines is 1. The molecule has 3 unspecified atom stereocenters. The third-order valence-corrected chi connectivity index (χ3v) is 13.8. The van der Waals surface area contributed by atoms with E-state index in [0.29, 0.717) is 42.0 Å². The fraction of sp³-hybridized carbons (Fsp3) is 0.424. The molecular weight excluding hydrogens is 713 g/mol. The standard InChI is InChI=1S/C33H36N2O10S4/c1-19-8-22(11-32-34(6-4-20(2)48(36,37)38)24-13-26-28(44-17-42-26)15-30(24)46-32)10-23(9-19)12-33-35(7-5-21(3)49(39,40)41)25-14-27-29(45-18-43-27)16-31(25)47-33/h10-16,19-21H,4-9,17-18H2,1-3H3,(H-,36,37,38,39,40,41). The number of hydrogen-bond donors (Lipinski definition) is 1. The maximum atomic E-state index is 11.8. The summed E-state index contributed by atoms with van der Waals surface area (Å²) in [5, 5.41) is -0.114. The van der Waals surface area contributed by atoms with Crippen LogP contribution in [-0.4, -0.2) is 56.6 Å². The molecule has 0 fully saturated rings. The highest BCUT2D eigenvalue weighted by molar-refractivity contribution is 8.03. The molecule has 0 amide bonds. The Bertz CT molecular complexity index is 2140. The van der Waals surface area contributed by atoms with Gasteiger partial charge in [-0.05, 0) is 56.3 Å². The van der Waals surface area contributed by atoms with Gasteiger partial charge in [-0.25, -0.2) is 8.42 Å². The zero-order valence-corrected chi connectivity index (χ0v) is 30.3. The molecule has 1 N–H and O–H groups in total.